The number of fused-ring (bicyclic) bond motifs is 1. The largest absolute Gasteiger partial charge is 0.479 e. The van der Waals surface area contributed by atoms with E-state index in [4.69, 9.17) is 28.4 Å². The summed E-state index contributed by atoms with van der Waals surface area (Å²) in [6.45, 7) is 3.36. The third-order valence-electron chi connectivity index (χ3n) is 14.4. The monoisotopic (exact) mass is 1010 g/mol. The van der Waals surface area contributed by atoms with Crippen LogP contribution in [0.15, 0.2) is 67.0 Å². The van der Waals surface area contributed by atoms with E-state index >= 15 is 0 Å². The van der Waals surface area contributed by atoms with Gasteiger partial charge in [-0.1, -0.05) is 62.4 Å². The zero-order chi connectivity index (χ0) is 51.2. The number of aromatic nitrogens is 4. The lowest BCUT2D eigenvalue weighted by molar-refractivity contribution is -0.384. The zero-order valence-corrected chi connectivity index (χ0v) is 40.0. The van der Waals surface area contributed by atoms with Crippen molar-refractivity contribution in [3.8, 4) is 0 Å². The number of non-ortho nitro benzene ring substituents is 1. The number of carboxylic acids is 1. The number of ether oxygens (including phenoxy) is 6. The number of aliphatic hydroxyl groups is 5. The Bertz CT molecular complexity index is 2470. The Morgan fingerprint density at radius 1 is 0.889 bits per heavy atom. The number of rotatable bonds is 19. The van der Waals surface area contributed by atoms with E-state index in [9.17, 15) is 55.1 Å². The molecular weight excluding hydrogens is 945 g/mol. The number of hydrogen-bond donors (Lipinski definition) is 7. The van der Waals surface area contributed by atoms with Crippen molar-refractivity contribution in [3.63, 3.8) is 0 Å². The summed E-state index contributed by atoms with van der Waals surface area (Å²) < 4.78 is 40.9. The molecule has 1 amide bonds. The lowest BCUT2D eigenvalue weighted by Crippen LogP contribution is -2.64. The molecule has 8 rings (SSSR count). The normalized spacial score (nSPS) is 31.7. The molecule has 0 spiro atoms. The molecular formula is C49H64N6O17. The average Bonchev–Trinajstić information content (AvgIpc) is 4.02. The zero-order valence-electron chi connectivity index (χ0n) is 40.0. The van der Waals surface area contributed by atoms with Crippen LogP contribution in [0.1, 0.15) is 81.3 Å². The minimum Gasteiger partial charge on any atom is -0.479 e. The molecule has 2 aliphatic carbocycles. The van der Waals surface area contributed by atoms with E-state index < -0.39 is 121 Å². The molecule has 0 radical (unpaired) electrons. The van der Waals surface area contributed by atoms with E-state index in [2.05, 4.69) is 15.6 Å². The summed E-state index contributed by atoms with van der Waals surface area (Å²) >= 11 is 0. The van der Waals surface area contributed by atoms with Crippen LogP contribution in [-0.4, -0.2) is 159 Å². The Kier molecular flexibility index (Phi) is 17.3. The standard InChI is InChI=1S/C49H64N6O17/c1-26-19-31(45(61)50-23-32-24-54(52-51-32)18-17-53-16-15-30-21-33(55(65)66)13-14-34(30)53)22-35(42(26)72-48-41(60)40(59)38(57)27(2)67-48)69-49-44(71-47(64)29-11-7-4-8-12-29)43(39(58)37(25-56)70-49)68-36(46(62)63)20-28-9-5-3-6-10-28/h4,7-8,11-16,21,24,26-28,31,35-44,48-49,56-60H,3,5-6,9-10,17-20,22-23,25H2,1-2H3,(H,50,61)(H,62,63)/t26?,27?,31?,35-,36+,37?,38-,39+,40?,41?,42?,43?,44?,48+,49+/m1/s1. The Hall–Kier alpha value is -5.47. The molecule has 2 aliphatic heterocycles. The molecule has 4 aromatic rings. The van der Waals surface area contributed by atoms with E-state index in [1.54, 1.807) is 48.1 Å². The van der Waals surface area contributed by atoms with Crippen LogP contribution in [0.2, 0.25) is 0 Å². The van der Waals surface area contributed by atoms with Crippen LogP contribution in [0.25, 0.3) is 10.9 Å². The van der Waals surface area contributed by atoms with E-state index in [0.29, 0.717) is 18.8 Å². The molecule has 2 aromatic carbocycles. The first-order valence-corrected chi connectivity index (χ1v) is 24.6. The van der Waals surface area contributed by atoms with Crippen LogP contribution in [0.5, 0.6) is 0 Å². The van der Waals surface area contributed by atoms with Gasteiger partial charge in [-0.25, -0.2) is 9.59 Å². The summed E-state index contributed by atoms with van der Waals surface area (Å²) in [4.78, 5) is 51.6. The van der Waals surface area contributed by atoms with Crippen LogP contribution in [0, 0.1) is 27.9 Å². The number of nitro groups is 1. The molecule has 4 aliphatic rings. The molecule has 9 unspecified atom stereocenters. The molecule has 23 heteroatoms. The fourth-order valence-electron chi connectivity index (χ4n) is 10.4. The van der Waals surface area contributed by atoms with Gasteiger partial charge in [0.15, 0.2) is 24.8 Å². The SMILES string of the molecule is CC1CC(C(=O)NCc2cn(CCn3ccc4cc([N+](=O)[O-])ccc43)nn2)C[C@@H](O[C@H]2OC(CO)[C@H](O)C(O[C@@H](CC3CCCCC3)C(=O)O)C2OC(=O)c2ccccc2)C1O[C@@H]1OC(C)[C@@H](O)C(O)C1O. The van der Waals surface area contributed by atoms with Gasteiger partial charge in [0.2, 0.25) is 5.91 Å². The first kappa shape index (κ1) is 52.8. The number of aryl methyl sites for hydroxylation is 2. The number of nitrogens with one attached hydrogen (secondary N) is 1. The molecule has 392 valence electrons. The minimum absolute atomic E-state index is 0.00453. The number of amides is 1. The summed E-state index contributed by atoms with van der Waals surface area (Å²) in [5.41, 5.74) is 1.37. The number of esters is 1. The van der Waals surface area contributed by atoms with Crippen molar-refractivity contribution in [2.75, 3.05) is 6.61 Å². The van der Waals surface area contributed by atoms with Gasteiger partial charge in [0, 0.05) is 41.7 Å². The quantitative estimate of drug-likeness (QED) is 0.0402. The molecule has 23 nitrogen and oxygen atoms in total. The first-order chi connectivity index (χ1) is 34.6. The van der Waals surface area contributed by atoms with Crippen molar-refractivity contribution >= 4 is 34.4 Å². The van der Waals surface area contributed by atoms with Gasteiger partial charge in [-0.15, -0.1) is 5.10 Å². The second-order valence-corrected chi connectivity index (χ2v) is 19.4. The summed E-state index contributed by atoms with van der Waals surface area (Å²) in [5.74, 6) is -3.89. The lowest BCUT2D eigenvalue weighted by Gasteiger charge is -2.48. The Morgan fingerprint density at radius 2 is 1.65 bits per heavy atom. The molecule has 4 fully saturated rings. The van der Waals surface area contributed by atoms with Gasteiger partial charge in [0.25, 0.3) is 5.69 Å². The number of nitro benzene ring substituents is 1. The molecule has 15 atom stereocenters. The smallest absolute Gasteiger partial charge is 0.338 e. The average molecular weight is 1010 g/mol. The molecule has 2 saturated carbocycles. The lowest BCUT2D eigenvalue weighted by atomic mass is 9.77. The molecule has 2 saturated heterocycles. The number of hydrogen-bond acceptors (Lipinski definition) is 18. The predicted octanol–water partition coefficient (Wildman–Crippen LogP) is 2.21. The van der Waals surface area contributed by atoms with Crippen LogP contribution in [0.4, 0.5) is 5.69 Å². The highest BCUT2D eigenvalue weighted by atomic mass is 16.7. The van der Waals surface area contributed by atoms with Crippen LogP contribution in [-0.2, 0) is 57.6 Å². The number of benzene rings is 2. The van der Waals surface area contributed by atoms with Gasteiger partial charge < -0.3 is 68.9 Å². The number of nitrogens with zero attached hydrogens (tertiary/aromatic N) is 5. The van der Waals surface area contributed by atoms with Crippen LogP contribution < -0.4 is 5.32 Å². The number of carboxylic acid groups (broad SMARTS) is 1. The highest BCUT2D eigenvalue weighted by Crippen LogP contribution is 2.39. The number of carbonyl (C=O) groups excluding carboxylic acids is 2. The molecule has 2 aromatic heterocycles. The maximum atomic E-state index is 14.1. The number of aliphatic carboxylic acids is 1. The van der Waals surface area contributed by atoms with E-state index in [0.717, 1.165) is 43.0 Å². The highest BCUT2D eigenvalue weighted by molar-refractivity contribution is 5.89. The van der Waals surface area contributed by atoms with Gasteiger partial charge in [-0.2, -0.15) is 0 Å². The second-order valence-electron chi connectivity index (χ2n) is 19.4. The Morgan fingerprint density at radius 3 is 2.38 bits per heavy atom. The third-order valence-corrected chi connectivity index (χ3v) is 14.4. The van der Waals surface area contributed by atoms with Crippen LogP contribution in [0.3, 0.4) is 0 Å². The van der Waals surface area contributed by atoms with Crippen molar-refractivity contribution in [2.45, 2.75) is 165 Å². The summed E-state index contributed by atoms with van der Waals surface area (Å²) in [6.07, 6.45) is -10.8. The van der Waals surface area contributed by atoms with Gasteiger partial charge in [-0.3, -0.25) is 19.6 Å². The Balaban J connectivity index is 1.02. The molecule has 7 N–H and O–H groups in total. The van der Waals surface area contributed by atoms with E-state index in [-0.39, 0.29) is 43.0 Å². The summed E-state index contributed by atoms with van der Waals surface area (Å²) in [5, 5.41) is 88.2. The third kappa shape index (κ3) is 12.3. The maximum absolute atomic E-state index is 14.1. The van der Waals surface area contributed by atoms with Crippen molar-refractivity contribution in [1.29, 1.82) is 0 Å². The fourth-order valence-corrected chi connectivity index (χ4v) is 10.4. The number of carbonyl (C=O) groups is 3. The second kappa shape index (κ2) is 23.6. The molecule has 0 bridgehead atoms. The van der Waals surface area contributed by atoms with Crippen molar-refractivity contribution in [1.82, 2.24) is 24.9 Å². The Labute approximate surface area is 414 Å². The summed E-state index contributed by atoms with van der Waals surface area (Å²) in [7, 11) is 0. The van der Waals surface area contributed by atoms with Crippen molar-refractivity contribution in [3.05, 3.63) is 88.4 Å². The molecule has 4 heterocycles. The van der Waals surface area contributed by atoms with Gasteiger partial charge in [0.05, 0.1) is 54.7 Å². The minimum atomic E-state index is -1.72. The van der Waals surface area contributed by atoms with Gasteiger partial charge in [0.1, 0.15) is 42.3 Å². The molecule has 72 heavy (non-hydrogen) atoms. The number of aliphatic hydroxyl groups excluding tert-OH is 5. The van der Waals surface area contributed by atoms with Gasteiger partial charge >= 0.3 is 11.9 Å². The van der Waals surface area contributed by atoms with Crippen molar-refractivity contribution < 1.29 is 78.4 Å². The predicted molar refractivity (Wildman–Crippen MR) is 249 cm³/mol. The van der Waals surface area contributed by atoms with Gasteiger partial charge in [-0.05, 0) is 62.3 Å². The topological polar surface area (TPSA) is 319 Å². The maximum Gasteiger partial charge on any atom is 0.338 e. The van der Waals surface area contributed by atoms with Crippen LogP contribution >= 0.6 is 0 Å². The first-order valence-electron chi connectivity index (χ1n) is 24.6. The fraction of sp³-hybridized carbons (Fsp3) is 0.612. The highest BCUT2D eigenvalue weighted by Gasteiger charge is 2.54. The van der Waals surface area contributed by atoms with Crippen molar-refractivity contribution in [2.24, 2.45) is 17.8 Å². The van der Waals surface area contributed by atoms with E-state index in [1.807, 2.05) is 10.8 Å². The van der Waals surface area contributed by atoms with E-state index in [1.165, 1.54) is 31.2 Å². The summed E-state index contributed by atoms with van der Waals surface area (Å²) in [6, 6.07) is 14.3.